The summed E-state index contributed by atoms with van der Waals surface area (Å²) in [4.78, 5) is 2.20. The zero-order chi connectivity index (χ0) is 17.9. The summed E-state index contributed by atoms with van der Waals surface area (Å²) < 4.78 is 28.0. The largest absolute Gasteiger partial charge is 0.378 e. The van der Waals surface area contributed by atoms with Gasteiger partial charge in [0.1, 0.15) is 0 Å². The molecular weight excluding hydrogens is 332 g/mol. The summed E-state index contributed by atoms with van der Waals surface area (Å²) in [5.74, 6) is 0. The molecule has 0 aromatic heterocycles. The topological polar surface area (TPSA) is 40.6 Å². The molecular formula is C20H20N2O2S. The molecule has 0 aliphatic heterocycles. The van der Waals surface area contributed by atoms with E-state index in [1.807, 2.05) is 55.4 Å². The average molecular weight is 352 g/mol. The number of hydrogen-bond donors (Lipinski definition) is 0. The van der Waals surface area contributed by atoms with E-state index in [0.29, 0.717) is 11.4 Å². The quantitative estimate of drug-likeness (QED) is 0.688. The van der Waals surface area contributed by atoms with Crippen molar-refractivity contribution in [1.82, 2.24) is 0 Å². The highest BCUT2D eigenvalue weighted by Crippen LogP contribution is 2.33. The van der Waals surface area contributed by atoms with E-state index >= 15 is 0 Å². The minimum Gasteiger partial charge on any atom is -0.378 e. The summed E-state index contributed by atoms with van der Waals surface area (Å²) in [5.41, 5.74) is 2.13. The van der Waals surface area contributed by atoms with Crippen molar-refractivity contribution in [2.45, 2.75) is 4.90 Å². The Kier molecular flexibility index (Phi) is 4.76. The number of benzene rings is 3. The third-order valence-corrected chi connectivity index (χ3v) is 5.62. The van der Waals surface area contributed by atoms with Crippen LogP contribution in [0.15, 0.2) is 89.8 Å². The Morgan fingerprint density at radius 2 is 1.16 bits per heavy atom. The number of para-hydroxylation sites is 1. The van der Waals surface area contributed by atoms with Crippen molar-refractivity contribution in [3.8, 4) is 0 Å². The first-order valence-corrected chi connectivity index (χ1v) is 9.37. The normalized spacial score (nSPS) is 11.1. The van der Waals surface area contributed by atoms with Gasteiger partial charge in [0.15, 0.2) is 0 Å². The summed E-state index contributed by atoms with van der Waals surface area (Å²) in [6.45, 7) is 0. The molecule has 128 valence electrons. The zero-order valence-corrected chi connectivity index (χ0v) is 15.0. The Morgan fingerprint density at radius 1 is 0.640 bits per heavy atom. The summed E-state index contributed by atoms with van der Waals surface area (Å²) in [7, 11) is 0.122. The molecule has 0 heterocycles. The minimum absolute atomic E-state index is 0.258. The molecule has 0 radical (unpaired) electrons. The fourth-order valence-electron chi connectivity index (χ4n) is 2.59. The third-order valence-electron chi connectivity index (χ3n) is 3.85. The second kappa shape index (κ2) is 6.99. The van der Waals surface area contributed by atoms with Crippen molar-refractivity contribution in [3.63, 3.8) is 0 Å². The lowest BCUT2D eigenvalue weighted by atomic mass is 10.2. The van der Waals surface area contributed by atoms with Crippen LogP contribution in [0.25, 0.3) is 0 Å². The molecule has 5 heteroatoms. The number of hydrogen-bond acceptors (Lipinski definition) is 3. The van der Waals surface area contributed by atoms with E-state index in [1.54, 1.807) is 48.5 Å². The number of rotatable bonds is 5. The van der Waals surface area contributed by atoms with Crippen LogP contribution >= 0.6 is 0 Å². The predicted molar refractivity (Wildman–Crippen MR) is 103 cm³/mol. The van der Waals surface area contributed by atoms with E-state index < -0.39 is 10.0 Å². The molecule has 3 rings (SSSR count). The highest BCUT2D eigenvalue weighted by atomic mass is 32.2. The predicted octanol–water partition coefficient (Wildman–Crippen LogP) is 4.28. The molecule has 0 saturated carbocycles. The van der Waals surface area contributed by atoms with E-state index in [-0.39, 0.29) is 4.90 Å². The standard InChI is InChI=1S/C20H20N2O2S/c1-21(2)18-12-9-13-19(16-18)22(17-10-5-3-6-11-17)25(23,24)20-14-7-4-8-15-20/h3-16H,1-2H3. The van der Waals surface area contributed by atoms with Gasteiger partial charge in [-0.25, -0.2) is 12.7 Å². The van der Waals surface area contributed by atoms with Crippen molar-refractivity contribution in [2.24, 2.45) is 0 Å². The second-order valence-corrected chi connectivity index (χ2v) is 7.62. The zero-order valence-electron chi connectivity index (χ0n) is 14.2. The molecule has 0 N–H and O–H groups in total. The molecule has 0 spiro atoms. The van der Waals surface area contributed by atoms with Crippen LogP contribution in [-0.4, -0.2) is 22.5 Å². The molecule has 25 heavy (non-hydrogen) atoms. The molecule has 3 aromatic carbocycles. The molecule has 0 amide bonds. The van der Waals surface area contributed by atoms with Gasteiger partial charge in [0, 0.05) is 19.8 Å². The lowest BCUT2D eigenvalue weighted by molar-refractivity contribution is 0.596. The highest BCUT2D eigenvalue weighted by Gasteiger charge is 2.26. The van der Waals surface area contributed by atoms with E-state index in [1.165, 1.54) is 4.31 Å². The lowest BCUT2D eigenvalue weighted by Gasteiger charge is -2.26. The maximum absolute atomic E-state index is 13.3. The molecule has 0 fully saturated rings. The highest BCUT2D eigenvalue weighted by molar-refractivity contribution is 7.93. The van der Waals surface area contributed by atoms with Crippen molar-refractivity contribution in [3.05, 3.63) is 84.9 Å². The van der Waals surface area contributed by atoms with E-state index in [2.05, 4.69) is 0 Å². The number of sulfonamides is 1. The first-order valence-electron chi connectivity index (χ1n) is 7.93. The van der Waals surface area contributed by atoms with Crippen LogP contribution in [0.1, 0.15) is 0 Å². The van der Waals surface area contributed by atoms with Gasteiger partial charge in [0.2, 0.25) is 0 Å². The maximum atomic E-state index is 13.3. The fourth-order valence-corrected chi connectivity index (χ4v) is 4.09. The van der Waals surface area contributed by atoms with Crippen LogP contribution in [0.3, 0.4) is 0 Å². The van der Waals surface area contributed by atoms with Crippen molar-refractivity contribution >= 4 is 27.1 Å². The molecule has 0 saturated heterocycles. The van der Waals surface area contributed by atoms with E-state index in [9.17, 15) is 8.42 Å². The van der Waals surface area contributed by atoms with Crippen LogP contribution in [0, 0.1) is 0 Å². The summed E-state index contributed by atoms with van der Waals surface area (Å²) >= 11 is 0. The maximum Gasteiger partial charge on any atom is 0.268 e. The monoisotopic (exact) mass is 352 g/mol. The fraction of sp³-hybridized carbons (Fsp3) is 0.100. The molecule has 0 atom stereocenters. The molecule has 4 nitrogen and oxygen atoms in total. The van der Waals surface area contributed by atoms with Gasteiger partial charge in [-0.1, -0.05) is 42.5 Å². The van der Waals surface area contributed by atoms with Crippen LogP contribution < -0.4 is 9.21 Å². The molecule has 3 aromatic rings. The van der Waals surface area contributed by atoms with Gasteiger partial charge in [0.05, 0.1) is 16.3 Å². The number of nitrogens with zero attached hydrogens (tertiary/aromatic N) is 2. The van der Waals surface area contributed by atoms with Crippen molar-refractivity contribution in [1.29, 1.82) is 0 Å². The Bertz CT molecular complexity index is 940. The van der Waals surface area contributed by atoms with Crippen LogP contribution in [-0.2, 0) is 10.0 Å². The molecule has 0 aliphatic rings. The number of anilines is 3. The smallest absolute Gasteiger partial charge is 0.268 e. The first-order chi connectivity index (χ1) is 12.0. The van der Waals surface area contributed by atoms with Crippen LogP contribution in [0.5, 0.6) is 0 Å². The Balaban J connectivity index is 2.20. The lowest BCUT2D eigenvalue weighted by Crippen LogP contribution is -2.26. The van der Waals surface area contributed by atoms with E-state index in [0.717, 1.165) is 5.69 Å². The van der Waals surface area contributed by atoms with Gasteiger partial charge in [-0.3, -0.25) is 0 Å². The van der Waals surface area contributed by atoms with Crippen LogP contribution in [0.2, 0.25) is 0 Å². The molecule has 0 aliphatic carbocycles. The molecule has 0 unspecified atom stereocenters. The van der Waals surface area contributed by atoms with Gasteiger partial charge in [0.25, 0.3) is 10.0 Å². The second-order valence-electron chi connectivity index (χ2n) is 5.83. The van der Waals surface area contributed by atoms with Crippen molar-refractivity contribution in [2.75, 3.05) is 23.3 Å². The Labute approximate surface area is 149 Å². The summed E-state index contributed by atoms with van der Waals surface area (Å²) in [6.07, 6.45) is 0. The Morgan fingerprint density at radius 3 is 1.76 bits per heavy atom. The average Bonchev–Trinajstić information content (AvgIpc) is 2.63. The molecule has 0 bridgehead atoms. The van der Waals surface area contributed by atoms with Gasteiger partial charge in [-0.2, -0.15) is 0 Å². The first kappa shape index (κ1) is 17.0. The van der Waals surface area contributed by atoms with Crippen LogP contribution in [0.4, 0.5) is 17.1 Å². The summed E-state index contributed by atoms with van der Waals surface area (Å²) in [6, 6.07) is 25.1. The third kappa shape index (κ3) is 3.51. The minimum atomic E-state index is -3.73. The van der Waals surface area contributed by atoms with Gasteiger partial charge in [-0.15, -0.1) is 0 Å². The Hall–Kier alpha value is -2.79. The van der Waals surface area contributed by atoms with Gasteiger partial charge >= 0.3 is 0 Å². The van der Waals surface area contributed by atoms with E-state index in [4.69, 9.17) is 0 Å². The van der Waals surface area contributed by atoms with Gasteiger partial charge < -0.3 is 4.90 Å². The van der Waals surface area contributed by atoms with Crippen molar-refractivity contribution < 1.29 is 8.42 Å². The van der Waals surface area contributed by atoms with Gasteiger partial charge in [-0.05, 0) is 42.5 Å². The summed E-state index contributed by atoms with van der Waals surface area (Å²) in [5, 5.41) is 0. The SMILES string of the molecule is CN(C)c1cccc(N(c2ccccc2)S(=O)(=O)c2ccccc2)c1.